The van der Waals surface area contributed by atoms with Crippen molar-refractivity contribution >= 4 is 41.5 Å². The lowest BCUT2D eigenvalue weighted by Crippen LogP contribution is -2.46. The van der Waals surface area contributed by atoms with Crippen molar-refractivity contribution in [2.75, 3.05) is 73.4 Å². The third-order valence-corrected chi connectivity index (χ3v) is 4.87. The summed E-state index contributed by atoms with van der Waals surface area (Å²) < 4.78 is 16.0. The molecule has 1 unspecified atom stereocenters. The lowest BCUT2D eigenvalue weighted by atomic mass is 10.0. The molecule has 0 saturated carbocycles. The number of nitrogens with one attached hydrogen (secondary N) is 2. The zero-order chi connectivity index (χ0) is 20.0. The van der Waals surface area contributed by atoms with Gasteiger partial charge in [0, 0.05) is 52.0 Å². The van der Waals surface area contributed by atoms with E-state index in [1.165, 1.54) is 5.56 Å². The highest BCUT2D eigenvalue weighted by Gasteiger charge is 2.22. The van der Waals surface area contributed by atoms with Gasteiger partial charge in [-0.25, -0.2) is 0 Å². The van der Waals surface area contributed by atoms with Crippen LogP contribution in [0.2, 0.25) is 5.02 Å². The van der Waals surface area contributed by atoms with Crippen LogP contribution in [0.5, 0.6) is 0 Å². The lowest BCUT2D eigenvalue weighted by molar-refractivity contribution is 0.0170. The van der Waals surface area contributed by atoms with Gasteiger partial charge in [-0.3, -0.25) is 9.89 Å². The van der Waals surface area contributed by atoms with E-state index in [1.54, 1.807) is 14.2 Å². The molecular weight excluding hydrogens is 507 g/mol. The van der Waals surface area contributed by atoms with Crippen molar-refractivity contribution in [3.05, 3.63) is 34.9 Å². The summed E-state index contributed by atoms with van der Waals surface area (Å²) in [5, 5.41) is 7.55. The standard InChI is InChI=1S/C20H33ClN4O3.HI/c1-22-20(23-8-3-11-27-15-14-26-2)24-16-19(25-9-12-28-13-10-25)17-4-6-18(21)7-5-17;/h4-7,19H,3,8-16H2,1-2H3,(H2,22,23,24);1H. The minimum Gasteiger partial charge on any atom is -0.382 e. The van der Waals surface area contributed by atoms with Crippen molar-refractivity contribution in [3.8, 4) is 0 Å². The van der Waals surface area contributed by atoms with E-state index in [-0.39, 0.29) is 30.0 Å². The maximum Gasteiger partial charge on any atom is 0.191 e. The molecule has 2 rings (SSSR count). The Balaban J connectivity index is 0.00000420. The zero-order valence-electron chi connectivity index (χ0n) is 17.4. The SMILES string of the molecule is CN=C(NCCCOCCOC)NCC(c1ccc(Cl)cc1)N1CCOCC1.I. The van der Waals surface area contributed by atoms with E-state index in [1.807, 2.05) is 12.1 Å². The number of guanidine groups is 1. The van der Waals surface area contributed by atoms with Crippen LogP contribution in [0, 0.1) is 0 Å². The molecular formula is C20H34ClIN4O3. The van der Waals surface area contributed by atoms with Gasteiger partial charge in [0.1, 0.15) is 0 Å². The predicted octanol–water partition coefficient (Wildman–Crippen LogP) is 2.55. The zero-order valence-corrected chi connectivity index (χ0v) is 20.4. The molecule has 0 radical (unpaired) electrons. The summed E-state index contributed by atoms with van der Waals surface area (Å²) in [7, 11) is 3.46. The molecule has 1 aromatic carbocycles. The Morgan fingerprint density at radius 2 is 1.90 bits per heavy atom. The van der Waals surface area contributed by atoms with E-state index in [9.17, 15) is 0 Å². The van der Waals surface area contributed by atoms with Crippen LogP contribution in [0.1, 0.15) is 18.0 Å². The number of ether oxygens (including phenoxy) is 3. The molecule has 1 fully saturated rings. The van der Waals surface area contributed by atoms with Gasteiger partial charge in [-0.05, 0) is 24.1 Å². The molecule has 29 heavy (non-hydrogen) atoms. The number of benzene rings is 1. The second kappa shape index (κ2) is 16.1. The van der Waals surface area contributed by atoms with E-state index in [4.69, 9.17) is 25.8 Å². The van der Waals surface area contributed by atoms with Crippen molar-refractivity contribution < 1.29 is 14.2 Å². The summed E-state index contributed by atoms with van der Waals surface area (Å²) in [5.41, 5.74) is 1.24. The van der Waals surface area contributed by atoms with Gasteiger partial charge in [-0.2, -0.15) is 0 Å². The van der Waals surface area contributed by atoms with Crippen LogP contribution in [-0.2, 0) is 14.2 Å². The first-order chi connectivity index (χ1) is 13.7. The van der Waals surface area contributed by atoms with Crippen LogP contribution in [0.3, 0.4) is 0 Å². The Morgan fingerprint density at radius 3 is 2.55 bits per heavy atom. The Kier molecular flexibility index (Phi) is 14.6. The first-order valence-corrected chi connectivity index (χ1v) is 10.2. The van der Waals surface area contributed by atoms with E-state index in [2.05, 4.69) is 32.7 Å². The van der Waals surface area contributed by atoms with Gasteiger partial charge in [0.2, 0.25) is 0 Å². The molecule has 1 aromatic rings. The van der Waals surface area contributed by atoms with Gasteiger partial charge in [-0.1, -0.05) is 23.7 Å². The van der Waals surface area contributed by atoms with Crippen LogP contribution in [-0.4, -0.2) is 84.2 Å². The van der Waals surface area contributed by atoms with Crippen LogP contribution in [0.4, 0.5) is 0 Å². The van der Waals surface area contributed by atoms with Crippen molar-refractivity contribution in [2.24, 2.45) is 4.99 Å². The molecule has 1 atom stereocenters. The van der Waals surface area contributed by atoms with Gasteiger partial charge < -0.3 is 24.8 Å². The Labute approximate surface area is 196 Å². The first kappa shape index (κ1) is 26.4. The Morgan fingerprint density at radius 1 is 1.17 bits per heavy atom. The number of halogens is 2. The minimum absolute atomic E-state index is 0. The summed E-state index contributed by atoms with van der Waals surface area (Å²) in [6.07, 6.45) is 0.911. The molecule has 2 N–H and O–H groups in total. The molecule has 0 amide bonds. The number of nitrogens with zero attached hydrogens (tertiary/aromatic N) is 2. The minimum atomic E-state index is 0. The molecule has 0 aliphatic carbocycles. The average Bonchev–Trinajstić information content (AvgIpc) is 2.73. The number of hydrogen-bond donors (Lipinski definition) is 2. The molecule has 166 valence electrons. The van der Waals surface area contributed by atoms with Gasteiger partial charge >= 0.3 is 0 Å². The molecule has 0 aromatic heterocycles. The van der Waals surface area contributed by atoms with E-state index in [0.29, 0.717) is 19.8 Å². The fourth-order valence-corrected chi connectivity index (χ4v) is 3.20. The maximum absolute atomic E-state index is 6.07. The van der Waals surface area contributed by atoms with Gasteiger partial charge in [0.05, 0.1) is 32.5 Å². The Bertz CT molecular complexity index is 571. The quantitative estimate of drug-likeness (QED) is 0.195. The summed E-state index contributed by atoms with van der Waals surface area (Å²) in [4.78, 5) is 6.77. The topological polar surface area (TPSA) is 67.4 Å². The average molecular weight is 541 g/mol. The summed E-state index contributed by atoms with van der Waals surface area (Å²) in [6, 6.07) is 8.31. The van der Waals surface area contributed by atoms with Crippen molar-refractivity contribution in [2.45, 2.75) is 12.5 Å². The molecule has 1 saturated heterocycles. The second-order valence-electron chi connectivity index (χ2n) is 6.55. The largest absolute Gasteiger partial charge is 0.382 e. The molecule has 7 nitrogen and oxygen atoms in total. The number of methoxy groups -OCH3 is 1. The summed E-state index contributed by atoms with van der Waals surface area (Å²) >= 11 is 6.07. The maximum atomic E-state index is 6.07. The van der Waals surface area contributed by atoms with Crippen LogP contribution < -0.4 is 10.6 Å². The molecule has 1 aliphatic rings. The molecule has 1 heterocycles. The van der Waals surface area contributed by atoms with Crippen molar-refractivity contribution in [3.63, 3.8) is 0 Å². The van der Waals surface area contributed by atoms with Gasteiger partial charge in [0.15, 0.2) is 5.96 Å². The second-order valence-corrected chi connectivity index (χ2v) is 6.99. The van der Waals surface area contributed by atoms with E-state index < -0.39 is 0 Å². The number of aliphatic imine (C=N–C) groups is 1. The van der Waals surface area contributed by atoms with Crippen molar-refractivity contribution in [1.82, 2.24) is 15.5 Å². The summed E-state index contributed by atoms with van der Waals surface area (Å²) in [6.45, 7) is 6.88. The number of morpholine rings is 1. The van der Waals surface area contributed by atoms with Crippen LogP contribution in [0.25, 0.3) is 0 Å². The molecule has 9 heteroatoms. The molecule has 0 bridgehead atoms. The van der Waals surface area contributed by atoms with E-state index >= 15 is 0 Å². The normalized spacial score (nSPS) is 16.2. The number of hydrogen-bond acceptors (Lipinski definition) is 5. The van der Waals surface area contributed by atoms with Crippen molar-refractivity contribution in [1.29, 1.82) is 0 Å². The highest BCUT2D eigenvalue weighted by Crippen LogP contribution is 2.23. The van der Waals surface area contributed by atoms with Crippen LogP contribution in [0.15, 0.2) is 29.3 Å². The predicted molar refractivity (Wildman–Crippen MR) is 129 cm³/mol. The fourth-order valence-electron chi connectivity index (χ4n) is 3.07. The fraction of sp³-hybridized carbons (Fsp3) is 0.650. The third-order valence-electron chi connectivity index (χ3n) is 4.62. The van der Waals surface area contributed by atoms with Gasteiger partial charge in [-0.15, -0.1) is 24.0 Å². The number of rotatable bonds is 11. The first-order valence-electron chi connectivity index (χ1n) is 9.83. The smallest absolute Gasteiger partial charge is 0.191 e. The lowest BCUT2D eigenvalue weighted by Gasteiger charge is -2.35. The van der Waals surface area contributed by atoms with Gasteiger partial charge in [0.25, 0.3) is 0 Å². The molecule has 0 spiro atoms. The monoisotopic (exact) mass is 540 g/mol. The highest BCUT2D eigenvalue weighted by atomic mass is 127. The summed E-state index contributed by atoms with van der Waals surface area (Å²) in [5.74, 6) is 0.795. The highest BCUT2D eigenvalue weighted by molar-refractivity contribution is 14.0. The Hall–Kier alpha value is -0.650. The van der Waals surface area contributed by atoms with Crippen LogP contribution >= 0.6 is 35.6 Å². The third kappa shape index (κ3) is 10.3. The van der Waals surface area contributed by atoms with E-state index in [0.717, 1.165) is 56.8 Å². The molecule has 1 aliphatic heterocycles.